The highest BCUT2D eigenvalue weighted by atomic mass is 16.5. The zero-order valence-corrected chi connectivity index (χ0v) is 17.4. The number of rotatable bonds is 9. The van der Waals surface area contributed by atoms with E-state index in [4.69, 9.17) is 18.9 Å². The third kappa shape index (κ3) is 5.19. The van der Waals surface area contributed by atoms with Crippen LogP contribution in [0.3, 0.4) is 0 Å². The van der Waals surface area contributed by atoms with Crippen molar-refractivity contribution < 1.29 is 28.5 Å². The molecule has 0 aliphatic carbocycles. The van der Waals surface area contributed by atoms with Gasteiger partial charge in [-0.25, -0.2) is 4.79 Å². The summed E-state index contributed by atoms with van der Waals surface area (Å²) in [7, 11) is 4.33. The number of carbonyl (C=O) groups is 2. The molecule has 156 valence electrons. The third-order valence-corrected chi connectivity index (χ3v) is 4.64. The van der Waals surface area contributed by atoms with E-state index < -0.39 is 18.5 Å². The number of nitrogens with one attached hydrogen (secondary N) is 1. The molecular formula is C22H27NO6. The molecule has 0 bridgehead atoms. The predicted octanol–water partition coefficient (Wildman–Crippen LogP) is 4.02. The molecule has 0 unspecified atom stereocenters. The first-order valence-corrected chi connectivity index (χ1v) is 9.31. The molecule has 2 rings (SSSR count). The van der Waals surface area contributed by atoms with Gasteiger partial charge in [0.1, 0.15) is 5.56 Å². The van der Waals surface area contributed by atoms with Crippen molar-refractivity contribution in [1.29, 1.82) is 0 Å². The van der Waals surface area contributed by atoms with Crippen molar-refractivity contribution in [3.63, 3.8) is 0 Å². The molecule has 1 atom stereocenters. The molecule has 0 aliphatic rings. The van der Waals surface area contributed by atoms with Crippen LogP contribution < -0.4 is 19.5 Å². The monoisotopic (exact) mass is 401 g/mol. The van der Waals surface area contributed by atoms with Crippen molar-refractivity contribution >= 4 is 17.6 Å². The standard InChI is InChI=1S/C22H27NO6/c1-6-14(2)15-9-7-8-10-17(15)23-19(24)13-29-22(25)16-11-12-18(26-3)21(28-5)20(16)27-4/h7-12,14H,6,13H2,1-5H3,(H,23,24)/t14-/m1/s1. The molecule has 0 aromatic heterocycles. The van der Waals surface area contributed by atoms with Gasteiger partial charge in [-0.2, -0.15) is 0 Å². The highest BCUT2D eigenvalue weighted by molar-refractivity contribution is 5.98. The fourth-order valence-electron chi connectivity index (χ4n) is 2.92. The van der Waals surface area contributed by atoms with Gasteiger partial charge in [0.25, 0.3) is 5.91 Å². The van der Waals surface area contributed by atoms with Crippen LogP contribution >= 0.6 is 0 Å². The van der Waals surface area contributed by atoms with Crippen molar-refractivity contribution in [1.82, 2.24) is 0 Å². The molecule has 1 amide bonds. The van der Waals surface area contributed by atoms with Gasteiger partial charge in [0.2, 0.25) is 5.75 Å². The van der Waals surface area contributed by atoms with Gasteiger partial charge in [-0.05, 0) is 36.1 Å². The highest BCUT2D eigenvalue weighted by Gasteiger charge is 2.22. The molecule has 0 saturated heterocycles. The first-order chi connectivity index (χ1) is 14.0. The Morgan fingerprint density at radius 1 is 0.966 bits per heavy atom. The number of hydrogen-bond donors (Lipinski definition) is 1. The number of benzene rings is 2. The normalized spacial score (nSPS) is 11.3. The summed E-state index contributed by atoms with van der Waals surface area (Å²) in [5, 5.41) is 2.81. The maximum atomic E-state index is 12.5. The van der Waals surface area contributed by atoms with Crippen molar-refractivity contribution in [2.75, 3.05) is 33.3 Å². The molecule has 0 spiro atoms. The Labute approximate surface area is 170 Å². The van der Waals surface area contributed by atoms with Gasteiger partial charge in [0.05, 0.1) is 21.3 Å². The summed E-state index contributed by atoms with van der Waals surface area (Å²) in [6.07, 6.45) is 0.945. The van der Waals surface area contributed by atoms with E-state index in [1.807, 2.05) is 24.3 Å². The van der Waals surface area contributed by atoms with E-state index in [2.05, 4.69) is 19.2 Å². The number of anilines is 1. The van der Waals surface area contributed by atoms with E-state index in [0.717, 1.165) is 12.0 Å². The highest BCUT2D eigenvalue weighted by Crippen LogP contribution is 2.40. The summed E-state index contributed by atoms with van der Waals surface area (Å²) in [6.45, 7) is 3.75. The summed E-state index contributed by atoms with van der Waals surface area (Å²) in [4.78, 5) is 24.8. The third-order valence-electron chi connectivity index (χ3n) is 4.64. The van der Waals surface area contributed by atoms with Crippen molar-refractivity contribution in [3.8, 4) is 17.2 Å². The van der Waals surface area contributed by atoms with Crippen molar-refractivity contribution in [3.05, 3.63) is 47.5 Å². The van der Waals surface area contributed by atoms with Gasteiger partial charge in [0, 0.05) is 5.69 Å². The molecule has 2 aromatic carbocycles. The molecule has 0 heterocycles. The molecule has 0 saturated carbocycles. The second kappa shape index (κ2) is 10.4. The quantitative estimate of drug-likeness (QED) is 0.639. The SMILES string of the molecule is CC[C@@H](C)c1ccccc1NC(=O)COC(=O)c1ccc(OC)c(OC)c1OC. The van der Waals surface area contributed by atoms with Crippen molar-refractivity contribution in [2.45, 2.75) is 26.2 Å². The van der Waals surface area contributed by atoms with Crippen LogP contribution in [0.15, 0.2) is 36.4 Å². The Bertz CT molecular complexity index is 864. The first-order valence-electron chi connectivity index (χ1n) is 9.31. The number of carbonyl (C=O) groups excluding carboxylic acids is 2. The zero-order chi connectivity index (χ0) is 21.4. The number of ether oxygens (including phenoxy) is 4. The zero-order valence-electron chi connectivity index (χ0n) is 17.4. The van der Waals surface area contributed by atoms with E-state index in [-0.39, 0.29) is 17.1 Å². The van der Waals surface area contributed by atoms with Crippen LogP contribution in [0.2, 0.25) is 0 Å². The van der Waals surface area contributed by atoms with Crippen LogP contribution in [-0.4, -0.2) is 39.8 Å². The minimum Gasteiger partial charge on any atom is -0.493 e. The van der Waals surface area contributed by atoms with Crippen LogP contribution in [0.5, 0.6) is 17.2 Å². The Kier molecular flexibility index (Phi) is 7.88. The van der Waals surface area contributed by atoms with Gasteiger partial charge < -0.3 is 24.3 Å². The Morgan fingerprint density at radius 3 is 2.28 bits per heavy atom. The topological polar surface area (TPSA) is 83.1 Å². The smallest absolute Gasteiger partial charge is 0.342 e. The number of para-hydroxylation sites is 1. The Hall–Kier alpha value is -3.22. The maximum absolute atomic E-state index is 12.5. The molecular weight excluding hydrogens is 374 g/mol. The van der Waals surface area contributed by atoms with Gasteiger partial charge >= 0.3 is 5.97 Å². The molecule has 2 aromatic rings. The summed E-state index contributed by atoms with van der Waals surface area (Å²) < 4.78 is 20.9. The lowest BCUT2D eigenvalue weighted by atomic mass is 9.97. The van der Waals surface area contributed by atoms with Gasteiger partial charge in [-0.1, -0.05) is 32.0 Å². The number of methoxy groups -OCH3 is 3. The lowest BCUT2D eigenvalue weighted by Gasteiger charge is -2.16. The van der Waals surface area contributed by atoms with E-state index >= 15 is 0 Å². The molecule has 0 fully saturated rings. The lowest BCUT2D eigenvalue weighted by Crippen LogP contribution is -2.22. The fourth-order valence-corrected chi connectivity index (χ4v) is 2.92. The van der Waals surface area contributed by atoms with Crippen molar-refractivity contribution in [2.24, 2.45) is 0 Å². The average molecular weight is 401 g/mol. The van der Waals surface area contributed by atoms with E-state index in [9.17, 15) is 9.59 Å². The number of hydrogen-bond acceptors (Lipinski definition) is 6. The lowest BCUT2D eigenvalue weighted by molar-refractivity contribution is -0.119. The van der Waals surface area contributed by atoms with Crippen LogP contribution in [0.1, 0.15) is 42.1 Å². The van der Waals surface area contributed by atoms with Crippen LogP contribution in [0.25, 0.3) is 0 Å². The average Bonchev–Trinajstić information content (AvgIpc) is 2.75. The Balaban J connectivity index is 2.09. The van der Waals surface area contributed by atoms with E-state index in [1.54, 1.807) is 6.07 Å². The largest absolute Gasteiger partial charge is 0.493 e. The molecule has 29 heavy (non-hydrogen) atoms. The molecule has 7 heteroatoms. The second-order valence-electron chi connectivity index (χ2n) is 6.40. The number of amides is 1. The van der Waals surface area contributed by atoms with E-state index in [0.29, 0.717) is 17.4 Å². The van der Waals surface area contributed by atoms with Gasteiger partial charge in [-0.15, -0.1) is 0 Å². The summed E-state index contributed by atoms with van der Waals surface area (Å²) in [5.74, 6) is 0.0443. The first kappa shape index (κ1) is 22.1. The maximum Gasteiger partial charge on any atom is 0.342 e. The van der Waals surface area contributed by atoms with Crippen LogP contribution in [0, 0.1) is 0 Å². The molecule has 7 nitrogen and oxygen atoms in total. The molecule has 0 aliphatic heterocycles. The number of esters is 1. The predicted molar refractivity (Wildman–Crippen MR) is 110 cm³/mol. The van der Waals surface area contributed by atoms with Crippen LogP contribution in [0.4, 0.5) is 5.69 Å². The van der Waals surface area contributed by atoms with Gasteiger partial charge in [-0.3, -0.25) is 4.79 Å². The second-order valence-corrected chi connectivity index (χ2v) is 6.40. The van der Waals surface area contributed by atoms with Crippen LogP contribution in [-0.2, 0) is 9.53 Å². The summed E-state index contributed by atoms with van der Waals surface area (Å²) in [6, 6.07) is 10.7. The van der Waals surface area contributed by atoms with Gasteiger partial charge in [0.15, 0.2) is 18.1 Å². The van der Waals surface area contributed by atoms with E-state index in [1.165, 1.54) is 27.4 Å². The molecule has 0 radical (unpaired) electrons. The fraction of sp³-hybridized carbons (Fsp3) is 0.364. The minimum atomic E-state index is -0.701. The molecule has 1 N–H and O–H groups in total. The summed E-state index contributed by atoms with van der Waals surface area (Å²) in [5.41, 5.74) is 1.89. The minimum absolute atomic E-state index is 0.137. The Morgan fingerprint density at radius 2 is 1.66 bits per heavy atom. The summed E-state index contributed by atoms with van der Waals surface area (Å²) >= 11 is 0.